The number of aryl methyl sites for hydroxylation is 1. The molecule has 70 valence electrons. The number of hydrogen-bond acceptors (Lipinski definition) is 4. The lowest BCUT2D eigenvalue weighted by molar-refractivity contribution is -0.384. The SMILES string of the molecule is COc1c(C)ccc(N)c1[N+](=O)[O-]. The van der Waals surface area contributed by atoms with Crippen molar-refractivity contribution in [3.63, 3.8) is 0 Å². The summed E-state index contributed by atoms with van der Waals surface area (Å²) < 4.78 is 4.90. The van der Waals surface area contributed by atoms with E-state index in [1.807, 2.05) is 0 Å². The number of nitrogens with two attached hydrogens (primary N) is 1. The molecule has 0 aliphatic rings. The Morgan fingerprint density at radius 1 is 1.54 bits per heavy atom. The lowest BCUT2D eigenvalue weighted by Crippen LogP contribution is -2.00. The van der Waals surface area contributed by atoms with Crippen molar-refractivity contribution in [1.82, 2.24) is 0 Å². The van der Waals surface area contributed by atoms with Gasteiger partial charge in [-0.3, -0.25) is 10.1 Å². The van der Waals surface area contributed by atoms with E-state index in [1.165, 1.54) is 13.2 Å². The van der Waals surface area contributed by atoms with Gasteiger partial charge in [0.25, 0.3) is 0 Å². The summed E-state index contributed by atoms with van der Waals surface area (Å²) in [6.07, 6.45) is 0. The van der Waals surface area contributed by atoms with Gasteiger partial charge in [0.05, 0.1) is 12.0 Å². The van der Waals surface area contributed by atoms with Gasteiger partial charge >= 0.3 is 5.69 Å². The molecule has 1 rings (SSSR count). The Morgan fingerprint density at radius 2 is 2.15 bits per heavy atom. The maximum absolute atomic E-state index is 10.6. The maximum atomic E-state index is 10.6. The van der Waals surface area contributed by atoms with Crippen molar-refractivity contribution in [2.45, 2.75) is 6.92 Å². The number of rotatable bonds is 2. The zero-order chi connectivity index (χ0) is 10.0. The summed E-state index contributed by atoms with van der Waals surface area (Å²) in [7, 11) is 1.38. The fraction of sp³-hybridized carbons (Fsp3) is 0.250. The molecule has 0 unspecified atom stereocenters. The quantitative estimate of drug-likeness (QED) is 0.427. The number of nitrogens with zero attached hydrogens (tertiary/aromatic N) is 1. The summed E-state index contributed by atoms with van der Waals surface area (Å²) in [6, 6.07) is 3.18. The third-order valence-electron chi connectivity index (χ3n) is 1.75. The predicted molar refractivity (Wildman–Crippen MR) is 48.8 cm³/mol. The third-order valence-corrected chi connectivity index (χ3v) is 1.75. The molecule has 0 saturated heterocycles. The minimum absolute atomic E-state index is 0.118. The second-order valence-corrected chi connectivity index (χ2v) is 2.61. The highest BCUT2D eigenvalue weighted by Gasteiger charge is 2.20. The number of anilines is 1. The average molecular weight is 182 g/mol. The van der Waals surface area contributed by atoms with Crippen molar-refractivity contribution in [1.29, 1.82) is 0 Å². The third kappa shape index (κ3) is 1.53. The summed E-state index contributed by atoms with van der Waals surface area (Å²) in [4.78, 5) is 10.1. The molecule has 0 amide bonds. The first-order valence-electron chi connectivity index (χ1n) is 3.65. The molecule has 13 heavy (non-hydrogen) atoms. The van der Waals surface area contributed by atoms with Gasteiger partial charge in [0, 0.05) is 0 Å². The van der Waals surface area contributed by atoms with Crippen molar-refractivity contribution < 1.29 is 9.66 Å². The Bertz CT molecular complexity index is 349. The first kappa shape index (κ1) is 9.31. The second-order valence-electron chi connectivity index (χ2n) is 2.61. The van der Waals surface area contributed by atoms with E-state index < -0.39 is 4.92 Å². The smallest absolute Gasteiger partial charge is 0.333 e. The van der Waals surface area contributed by atoms with Crippen molar-refractivity contribution in [2.24, 2.45) is 0 Å². The van der Waals surface area contributed by atoms with Gasteiger partial charge in [-0.2, -0.15) is 0 Å². The normalized spacial score (nSPS) is 9.69. The van der Waals surface area contributed by atoms with E-state index in [0.717, 1.165) is 0 Å². The van der Waals surface area contributed by atoms with Crippen LogP contribution in [0.5, 0.6) is 5.75 Å². The lowest BCUT2D eigenvalue weighted by atomic mass is 10.1. The van der Waals surface area contributed by atoms with E-state index in [4.69, 9.17) is 10.5 Å². The van der Waals surface area contributed by atoms with Crippen LogP contribution in [0.2, 0.25) is 0 Å². The predicted octanol–water partition coefficient (Wildman–Crippen LogP) is 1.49. The molecule has 0 atom stereocenters. The van der Waals surface area contributed by atoms with Gasteiger partial charge in [-0.25, -0.2) is 0 Å². The van der Waals surface area contributed by atoms with Crippen LogP contribution in [0.15, 0.2) is 12.1 Å². The van der Waals surface area contributed by atoms with E-state index in [9.17, 15) is 10.1 Å². The minimum Gasteiger partial charge on any atom is -0.490 e. The van der Waals surface area contributed by atoms with Crippen LogP contribution in [0.1, 0.15) is 5.56 Å². The van der Waals surface area contributed by atoms with Crippen LogP contribution in [0.4, 0.5) is 11.4 Å². The monoisotopic (exact) mass is 182 g/mol. The first-order chi connectivity index (χ1) is 6.07. The van der Waals surface area contributed by atoms with Gasteiger partial charge in [-0.1, -0.05) is 6.07 Å². The van der Waals surface area contributed by atoms with Crippen LogP contribution in [0.25, 0.3) is 0 Å². The number of hydrogen-bond donors (Lipinski definition) is 1. The maximum Gasteiger partial charge on any atom is 0.333 e. The van der Waals surface area contributed by atoms with Crippen molar-refractivity contribution in [2.75, 3.05) is 12.8 Å². The Morgan fingerprint density at radius 3 is 2.54 bits per heavy atom. The highest BCUT2D eigenvalue weighted by atomic mass is 16.6. The van der Waals surface area contributed by atoms with Gasteiger partial charge < -0.3 is 10.5 Å². The van der Waals surface area contributed by atoms with Gasteiger partial charge in [-0.15, -0.1) is 0 Å². The number of methoxy groups -OCH3 is 1. The van der Waals surface area contributed by atoms with Crippen molar-refractivity contribution >= 4 is 11.4 Å². The molecule has 0 aromatic heterocycles. The molecule has 0 heterocycles. The molecule has 5 heteroatoms. The molecular weight excluding hydrogens is 172 g/mol. The van der Waals surface area contributed by atoms with E-state index in [1.54, 1.807) is 13.0 Å². The van der Waals surface area contributed by atoms with Gasteiger partial charge in [0.15, 0.2) is 0 Å². The van der Waals surface area contributed by atoms with E-state index in [-0.39, 0.29) is 17.1 Å². The first-order valence-corrected chi connectivity index (χ1v) is 3.65. The topological polar surface area (TPSA) is 78.4 Å². The minimum atomic E-state index is -0.541. The molecule has 5 nitrogen and oxygen atoms in total. The molecule has 0 saturated carbocycles. The fourth-order valence-corrected chi connectivity index (χ4v) is 1.13. The van der Waals surface area contributed by atoms with Gasteiger partial charge in [0.2, 0.25) is 5.75 Å². The number of ether oxygens (including phenoxy) is 1. The van der Waals surface area contributed by atoms with E-state index in [0.29, 0.717) is 5.56 Å². The highest BCUT2D eigenvalue weighted by molar-refractivity contribution is 5.68. The number of nitrogen functional groups attached to an aromatic ring is 1. The molecule has 0 bridgehead atoms. The van der Waals surface area contributed by atoms with E-state index >= 15 is 0 Å². The molecule has 1 aromatic rings. The van der Waals surface area contributed by atoms with Crippen LogP contribution in [0.3, 0.4) is 0 Å². The molecule has 0 aliphatic heterocycles. The molecular formula is C8H10N2O3. The standard InChI is InChI=1S/C8H10N2O3/c1-5-3-4-6(9)7(10(11)12)8(5)13-2/h3-4H,9H2,1-2H3. The zero-order valence-electron chi connectivity index (χ0n) is 7.40. The largest absolute Gasteiger partial charge is 0.490 e. The van der Waals surface area contributed by atoms with Gasteiger partial charge in [0.1, 0.15) is 5.69 Å². The molecule has 0 spiro atoms. The van der Waals surface area contributed by atoms with Crippen LogP contribution >= 0.6 is 0 Å². The summed E-state index contributed by atoms with van der Waals surface area (Å²) in [6.45, 7) is 1.73. The second kappa shape index (κ2) is 3.30. The van der Waals surface area contributed by atoms with E-state index in [2.05, 4.69) is 0 Å². The Balaban J connectivity index is 3.43. The number of nitro benzene ring substituents is 1. The molecule has 0 aliphatic carbocycles. The van der Waals surface area contributed by atoms with Crippen LogP contribution in [-0.2, 0) is 0 Å². The molecule has 0 radical (unpaired) electrons. The highest BCUT2D eigenvalue weighted by Crippen LogP contribution is 2.35. The zero-order valence-corrected chi connectivity index (χ0v) is 7.40. The lowest BCUT2D eigenvalue weighted by Gasteiger charge is -2.06. The summed E-state index contributed by atoms with van der Waals surface area (Å²) >= 11 is 0. The van der Waals surface area contributed by atoms with Crippen LogP contribution in [-0.4, -0.2) is 12.0 Å². The molecule has 1 aromatic carbocycles. The van der Waals surface area contributed by atoms with Crippen molar-refractivity contribution in [3.8, 4) is 5.75 Å². The summed E-state index contributed by atoms with van der Waals surface area (Å²) in [5.41, 5.74) is 6.10. The molecule has 2 N–H and O–H groups in total. The van der Waals surface area contributed by atoms with Gasteiger partial charge in [-0.05, 0) is 18.6 Å². The average Bonchev–Trinajstić information content (AvgIpc) is 2.07. The fourth-order valence-electron chi connectivity index (χ4n) is 1.13. The Labute approximate surface area is 75.3 Å². The van der Waals surface area contributed by atoms with Crippen LogP contribution < -0.4 is 10.5 Å². The summed E-state index contributed by atoms with van der Waals surface area (Å²) in [5, 5.41) is 10.6. The van der Waals surface area contributed by atoms with Crippen molar-refractivity contribution in [3.05, 3.63) is 27.8 Å². The Hall–Kier alpha value is -1.78. The number of nitro groups is 1. The summed E-state index contributed by atoms with van der Waals surface area (Å²) in [5.74, 6) is 0.227. The van der Waals surface area contributed by atoms with Crippen LogP contribution in [0, 0.1) is 17.0 Å². The molecule has 0 fully saturated rings. The number of benzene rings is 1. The Kier molecular flexibility index (Phi) is 2.36.